The first-order valence-electron chi connectivity index (χ1n) is 21.6. The zero-order chi connectivity index (χ0) is 41.2. The molecule has 0 saturated heterocycles. The van der Waals surface area contributed by atoms with Crippen LogP contribution in [0.15, 0.2) is 218 Å². The van der Waals surface area contributed by atoms with Gasteiger partial charge in [0.15, 0.2) is 0 Å². The van der Waals surface area contributed by atoms with Crippen LogP contribution in [0, 0.1) is 0 Å². The summed E-state index contributed by atoms with van der Waals surface area (Å²) in [6.45, 7) is 0. The molecule has 1 aliphatic heterocycles. The van der Waals surface area contributed by atoms with Crippen LogP contribution in [-0.2, 0) is 5.41 Å². The molecule has 294 valence electrons. The molecule has 0 amide bonds. The fourth-order valence-corrected chi connectivity index (χ4v) is 12.2. The molecule has 2 aliphatic rings. The number of aromatic nitrogens is 1. The minimum absolute atomic E-state index is 0.645. The Labute approximate surface area is 367 Å². The van der Waals surface area contributed by atoms with Crippen molar-refractivity contribution in [2.75, 3.05) is 4.90 Å². The quantitative estimate of drug-likeness (QED) is 0.176. The van der Waals surface area contributed by atoms with Gasteiger partial charge in [-0.3, -0.25) is 0 Å². The normalized spacial score (nSPS) is 13.3. The van der Waals surface area contributed by atoms with E-state index >= 15 is 0 Å². The Morgan fingerprint density at radius 2 is 1.05 bits per heavy atom. The van der Waals surface area contributed by atoms with Gasteiger partial charge in [0.1, 0.15) is 11.5 Å². The number of para-hydroxylation sites is 4. The van der Waals surface area contributed by atoms with Gasteiger partial charge in [-0.15, -0.1) is 11.3 Å². The van der Waals surface area contributed by atoms with E-state index < -0.39 is 5.41 Å². The second-order valence-corrected chi connectivity index (χ2v) is 17.9. The third-order valence-electron chi connectivity index (χ3n) is 13.6. The number of rotatable bonds is 4. The van der Waals surface area contributed by atoms with E-state index in [4.69, 9.17) is 4.74 Å². The highest BCUT2D eigenvalue weighted by molar-refractivity contribution is 7.25. The van der Waals surface area contributed by atoms with E-state index in [-0.39, 0.29) is 0 Å². The average molecular weight is 821 g/mol. The second-order valence-electron chi connectivity index (χ2n) is 16.8. The lowest BCUT2D eigenvalue weighted by atomic mass is 9.58. The zero-order valence-corrected chi connectivity index (χ0v) is 34.8. The number of thiophene rings is 1. The lowest BCUT2D eigenvalue weighted by molar-refractivity contribution is 0.435. The van der Waals surface area contributed by atoms with Crippen molar-refractivity contribution >= 4 is 81.1 Å². The Morgan fingerprint density at radius 1 is 0.397 bits per heavy atom. The Bertz CT molecular complexity index is 3810. The predicted molar refractivity (Wildman–Crippen MR) is 263 cm³/mol. The molecule has 10 aromatic carbocycles. The van der Waals surface area contributed by atoms with Crippen LogP contribution in [0.3, 0.4) is 0 Å². The number of nitrogens with zero attached hydrogens (tertiary/aromatic N) is 2. The monoisotopic (exact) mass is 820 g/mol. The Morgan fingerprint density at radius 3 is 1.89 bits per heavy atom. The van der Waals surface area contributed by atoms with Crippen molar-refractivity contribution in [2.45, 2.75) is 5.41 Å². The molecule has 3 heterocycles. The van der Waals surface area contributed by atoms with Gasteiger partial charge in [-0.05, 0) is 112 Å². The minimum Gasteiger partial charge on any atom is -0.457 e. The first kappa shape index (κ1) is 34.8. The topological polar surface area (TPSA) is 17.4 Å². The molecule has 0 fully saturated rings. The van der Waals surface area contributed by atoms with Crippen LogP contribution >= 0.6 is 11.3 Å². The molecule has 14 rings (SSSR count). The molecule has 1 spiro atoms. The van der Waals surface area contributed by atoms with Crippen LogP contribution in [0.25, 0.3) is 69.6 Å². The summed E-state index contributed by atoms with van der Waals surface area (Å²) in [5, 5.41) is 7.58. The zero-order valence-electron chi connectivity index (χ0n) is 34.0. The number of fused-ring (bicyclic) bond motifs is 14. The van der Waals surface area contributed by atoms with Crippen LogP contribution in [0.1, 0.15) is 22.3 Å². The Hall–Kier alpha value is -7.92. The van der Waals surface area contributed by atoms with Crippen LogP contribution in [0.2, 0.25) is 0 Å². The molecule has 0 radical (unpaired) electrons. The number of anilines is 3. The molecule has 3 nitrogen and oxygen atoms in total. The summed E-state index contributed by atoms with van der Waals surface area (Å²) in [6.07, 6.45) is 0. The molecule has 0 N–H and O–H groups in total. The fourth-order valence-electron chi connectivity index (χ4n) is 11.1. The van der Waals surface area contributed by atoms with Gasteiger partial charge in [-0.1, -0.05) is 140 Å². The fraction of sp³-hybridized carbons (Fsp3) is 0.0169. The van der Waals surface area contributed by atoms with Crippen molar-refractivity contribution in [3.8, 4) is 28.3 Å². The highest BCUT2D eigenvalue weighted by atomic mass is 32.1. The third-order valence-corrected chi connectivity index (χ3v) is 14.8. The minimum atomic E-state index is -0.645. The van der Waals surface area contributed by atoms with Crippen molar-refractivity contribution < 1.29 is 4.74 Å². The van der Waals surface area contributed by atoms with Gasteiger partial charge in [0.2, 0.25) is 0 Å². The lowest BCUT2D eigenvalue weighted by Crippen LogP contribution is -2.36. The van der Waals surface area contributed by atoms with Crippen LogP contribution in [0.5, 0.6) is 11.5 Å². The molecule has 1 aliphatic carbocycles. The molecular formula is C59H36N2OS. The summed E-state index contributed by atoms with van der Waals surface area (Å²) in [5.41, 5.74) is 13.4. The Kier molecular flexibility index (Phi) is 7.20. The summed E-state index contributed by atoms with van der Waals surface area (Å²) >= 11 is 1.86. The smallest absolute Gasteiger partial charge is 0.132 e. The van der Waals surface area contributed by atoms with Crippen LogP contribution in [-0.4, -0.2) is 4.57 Å². The van der Waals surface area contributed by atoms with Crippen molar-refractivity contribution in [2.24, 2.45) is 0 Å². The van der Waals surface area contributed by atoms with Gasteiger partial charge in [0.25, 0.3) is 0 Å². The standard InChI is InChI=1S/C59H36N2OS/c1-2-16-38(17-3-1)60(41-29-32-44-43-18-4-8-24-52(43)61(53(44)36-41)39-30-33-57-47(34-39)45-19-5-11-27-56(45)63-57)40-28-31-42-46-20-12-14-37-15-13-23-50(58(37)46)59(51(42)35-40)48-21-6-9-25-54(48)62-55-26-10-7-22-49(55)59/h1-36H. The van der Waals surface area contributed by atoms with Crippen molar-refractivity contribution in [1.29, 1.82) is 0 Å². The van der Waals surface area contributed by atoms with Crippen LogP contribution in [0.4, 0.5) is 17.1 Å². The summed E-state index contributed by atoms with van der Waals surface area (Å²) < 4.78 is 11.8. The van der Waals surface area contributed by atoms with Gasteiger partial charge in [-0.2, -0.15) is 0 Å². The summed E-state index contributed by atoms with van der Waals surface area (Å²) in [6, 6.07) is 80.4. The molecule has 12 aromatic rings. The van der Waals surface area contributed by atoms with Gasteiger partial charge >= 0.3 is 0 Å². The van der Waals surface area contributed by atoms with E-state index in [1.165, 1.54) is 69.5 Å². The maximum absolute atomic E-state index is 6.76. The predicted octanol–water partition coefficient (Wildman–Crippen LogP) is 16.2. The van der Waals surface area contributed by atoms with Crippen molar-refractivity contribution in [3.05, 3.63) is 241 Å². The SMILES string of the molecule is c1ccc(N(c2ccc3c(c2)C2(c4ccccc4Oc4ccccc42)c2cccc4cccc-3c24)c2ccc3c4ccccc4n(-c4ccc5sc6ccccc6c5c4)c3c2)cc1. The highest BCUT2D eigenvalue weighted by Gasteiger charge is 2.49. The first-order valence-corrected chi connectivity index (χ1v) is 22.4. The molecule has 63 heavy (non-hydrogen) atoms. The molecular weight excluding hydrogens is 785 g/mol. The molecule has 2 aromatic heterocycles. The van der Waals surface area contributed by atoms with E-state index in [0.29, 0.717) is 0 Å². The molecule has 4 heteroatoms. The van der Waals surface area contributed by atoms with Gasteiger partial charge in [0, 0.05) is 64.8 Å². The summed E-state index contributed by atoms with van der Waals surface area (Å²) in [7, 11) is 0. The molecule has 0 saturated carbocycles. The van der Waals surface area contributed by atoms with E-state index in [2.05, 4.69) is 228 Å². The van der Waals surface area contributed by atoms with Crippen molar-refractivity contribution in [3.63, 3.8) is 0 Å². The number of hydrogen-bond acceptors (Lipinski definition) is 3. The van der Waals surface area contributed by atoms with Crippen molar-refractivity contribution in [1.82, 2.24) is 4.57 Å². The molecule has 0 atom stereocenters. The van der Waals surface area contributed by atoms with Gasteiger partial charge in [-0.25, -0.2) is 0 Å². The first-order chi connectivity index (χ1) is 31.2. The lowest BCUT2D eigenvalue weighted by Gasteiger charge is -2.45. The second kappa shape index (κ2) is 13.0. The van der Waals surface area contributed by atoms with E-state index in [0.717, 1.165) is 50.9 Å². The van der Waals surface area contributed by atoms with E-state index in [1.807, 2.05) is 11.3 Å². The van der Waals surface area contributed by atoms with Gasteiger partial charge in [0.05, 0.1) is 16.4 Å². The average Bonchev–Trinajstić information content (AvgIpc) is 3.88. The van der Waals surface area contributed by atoms with Crippen LogP contribution < -0.4 is 9.64 Å². The van der Waals surface area contributed by atoms with E-state index in [9.17, 15) is 0 Å². The number of hydrogen-bond donors (Lipinski definition) is 0. The third kappa shape index (κ3) is 4.79. The maximum atomic E-state index is 6.76. The van der Waals surface area contributed by atoms with E-state index in [1.54, 1.807) is 0 Å². The van der Waals surface area contributed by atoms with Gasteiger partial charge < -0.3 is 14.2 Å². The number of ether oxygens (including phenoxy) is 1. The summed E-state index contributed by atoms with van der Waals surface area (Å²) in [4.78, 5) is 2.43. The Balaban J connectivity index is 1.05. The maximum Gasteiger partial charge on any atom is 0.132 e. The summed E-state index contributed by atoms with van der Waals surface area (Å²) in [5.74, 6) is 1.77. The molecule has 0 bridgehead atoms. The largest absolute Gasteiger partial charge is 0.457 e. The number of benzene rings is 10. The highest BCUT2D eigenvalue weighted by Crippen LogP contribution is 2.61. The molecule has 0 unspecified atom stereocenters.